The minimum Gasteiger partial charge on any atom is -0.382 e. The molecule has 8 heteroatoms. The number of nitrogen functional groups attached to an aromatic ring is 1. The maximum Gasteiger partial charge on any atom is 0.213 e. The maximum absolute atomic E-state index is 5.71. The number of hydrogen-bond donors (Lipinski definition) is 2. The Morgan fingerprint density at radius 2 is 2.33 bits per heavy atom. The highest BCUT2D eigenvalue weighted by Gasteiger charge is 2.06. The molecule has 3 aromatic rings. The summed E-state index contributed by atoms with van der Waals surface area (Å²) in [5.41, 5.74) is 6.44. The lowest BCUT2D eigenvalue weighted by Crippen LogP contribution is -2.10. The average Bonchev–Trinajstić information content (AvgIpc) is 2.98. The van der Waals surface area contributed by atoms with Gasteiger partial charge in [-0.25, -0.2) is 9.97 Å². The van der Waals surface area contributed by atoms with E-state index in [4.69, 9.17) is 5.73 Å². The van der Waals surface area contributed by atoms with E-state index >= 15 is 0 Å². The quantitative estimate of drug-likeness (QED) is 0.682. The van der Waals surface area contributed by atoms with Gasteiger partial charge in [0.25, 0.3) is 0 Å². The lowest BCUT2D eigenvalue weighted by Gasteiger charge is -2.06. The fourth-order valence-electron chi connectivity index (χ4n) is 1.66. The van der Waals surface area contributed by atoms with Gasteiger partial charge in [0.2, 0.25) is 6.39 Å². The third-order valence-electron chi connectivity index (χ3n) is 2.44. The summed E-state index contributed by atoms with van der Waals surface area (Å²) < 4.78 is 6.47. The molecule has 3 heterocycles. The van der Waals surface area contributed by atoms with Crippen molar-refractivity contribution >= 4 is 17.3 Å². The Hall–Kier alpha value is -2.64. The van der Waals surface area contributed by atoms with Gasteiger partial charge < -0.3 is 20.0 Å². The number of rotatable bonds is 4. The molecule has 0 aromatic carbocycles. The summed E-state index contributed by atoms with van der Waals surface area (Å²) in [6, 6.07) is 0. The Labute approximate surface area is 102 Å². The second kappa shape index (κ2) is 4.32. The fourth-order valence-corrected chi connectivity index (χ4v) is 1.66. The fraction of sp³-hybridized carbons (Fsp3) is 0.200. The number of nitrogens with two attached hydrogens (primary N) is 1. The summed E-state index contributed by atoms with van der Waals surface area (Å²) in [5, 5.41) is 6.88. The molecule has 3 N–H and O–H groups in total. The van der Waals surface area contributed by atoms with Crippen molar-refractivity contribution in [3.8, 4) is 0 Å². The Morgan fingerprint density at radius 3 is 3.17 bits per heavy atom. The third-order valence-corrected chi connectivity index (χ3v) is 2.44. The topological polar surface area (TPSA) is 107 Å². The minimum atomic E-state index is 0.433. The van der Waals surface area contributed by atoms with Crippen molar-refractivity contribution in [3.63, 3.8) is 0 Å². The van der Waals surface area contributed by atoms with E-state index in [0.29, 0.717) is 30.4 Å². The summed E-state index contributed by atoms with van der Waals surface area (Å²) in [5.74, 6) is 1.72. The second-order valence-electron chi connectivity index (χ2n) is 3.70. The van der Waals surface area contributed by atoms with Gasteiger partial charge >= 0.3 is 0 Å². The molecule has 0 spiro atoms. The molecule has 0 atom stereocenters. The molecule has 0 saturated carbocycles. The van der Waals surface area contributed by atoms with Crippen LogP contribution in [0.2, 0.25) is 0 Å². The van der Waals surface area contributed by atoms with Gasteiger partial charge in [-0.3, -0.25) is 0 Å². The number of anilines is 2. The molecule has 3 aromatic heterocycles. The molecule has 3 rings (SSSR count). The summed E-state index contributed by atoms with van der Waals surface area (Å²) in [7, 11) is 0. The lowest BCUT2D eigenvalue weighted by molar-refractivity contribution is 0.410. The van der Waals surface area contributed by atoms with E-state index in [2.05, 4.69) is 29.9 Å². The van der Waals surface area contributed by atoms with Gasteiger partial charge in [0, 0.05) is 25.4 Å². The van der Waals surface area contributed by atoms with Gasteiger partial charge in [-0.05, 0) is 0 Å². The molecule has 0 radical (unpaired) electrons. The van der Waals surface area contributed by atoms with Gasteiger partial charge in [-0.1, -0.05) is 5.16 Å². The zero-order valence-corrected chi connectivity index (χ0v) is 9.45. The van der Waals surface area contributed by atoms with E-state index in [9.17, 15) is 0 Å². The summed E-state index contributed by atoms with van der Waals surface area (Å²) in [6.07, 6.45) is 7.17. The number of nitrogens with zero attached hydrogens (tertiary/aromatic N) is 5. The molecule has 0 bridgehead atoms. The molecule has 18 heavy (non-hydrogen) atoms. The van der Waals surface area contributed by atoms with E-state index in [0.717, 1.165) is 5.65 Å². The molecule has 0 amide bonds. The van der Waals surface area contributed by atoms with Crippen LogP contribution in [0.25, 0.3) is 5.65 Å². The molecule has 92 valence electrons. The van der Waals surface area contributed by atoms with Crippen molar-refractivity contribution in [1.82, 2.24) is 24.5 Å². The Kier molecular flexibility index (Phi) is 2.52. The van der Waals surface area contributed by atoms with Gasteiger partial charge in [-0.15, -0.1) is 0 Å². The van der Waals surface area contributed by atoms with Crippen LogP contribution in [-0.4, -0.2) is 31.1 Å². The number of aromatic nitrogens is 5. The van der Waals surface area contributed by atoms with Gasteiger partial charge in [-0.2, -0.15) is 4.98 Å². The molecule has 0 aliphatic heterocycles. The molecule has 0 aliphatic rings. The Bertz CT molecular complexity index is 645. The van der Waals surface area contributed by atoms with Crippen LogP contribution < -0.4 is 11.1 Å². The third kappa shape index (κ3) is 1.95. The average molecular weight is 245 g/mol. The molecule has 0 unspecified atom stereocenters. The first-order valence-corrected chi connectivity index (χ1v) is 5.41. The highest BCUT2D eigenvalue weighted by molar-refractivity contribution is 5.64. The summed E-state index contributed by atoms with van der Waals surface area (Å²) >= 11 is 0. The van der Waals surface area contributed by atoms with Crippen molar-refractivity contribution in [3.05, 3.63) is 30.8 Å². The largest absolute Gasteiger partial charge is 0.382 e. The van der Waals surface area contributed by atoms with Gasteiger partial charge in [0.05, 0.1) is 6.20 Å². The van der Waals surface area contributed by atoms with E-state index < -0.39 is 0 Å². The predicted molar refractivity (Wildman–Crippen MR) is 63.9 cm³/mol. The molecule has 0 fully saturated rings. The van der Waals surface area contributed by atoms with E-state index in [1.54, 1.807) is 12.4 Å². The van der Waals surface area contributed by atoms with Crippen molar-refractivity contribution in [2.24, 2.45) is 0 Å². The van der Waals surface area contributed by atoms with Crippen molar-refractivity contribution in [2.45, 2.75) is 6.42 Å². The zero-order valence-electron chi connectivity index (χ0n) is 9.45. The first-order chi connectivity index (χ1) is 8.83. The van der Waals surface area contributed by atoms with Crippen LogP contribution in [0, 0.1) is 0 Å². The first kappa shape index (κ1) is 10.5. The lowest BCUT2D eigenvalue weighted by atomic mass is 10.4. The number of imidazole rings is 1. The van der Waals surface area contributed by atoms with Crippen LogP contribution in [0.15, 0.2) is 29.5 Å². The standard InChI is InChI=1S/C10H11N7O/c11-7-5-17-4-3-13-10(17)9(15-7)12-2-1-8-14-6-18-16-8/h3-6H,1-2,11H2,(H,12,15). The normalized spacial score (nSPS) is 10.9. The molecular formula is C10H11N7O. The molecule has 0 saturated heterocycles. The second-order valence-corrected chi connectivity index (χ2v) is 3.70. The van der Waals surface area contributed by atoms with Crippen LogP contribution >= 0.6 is 0 Å². The predicted octanol–water partition coefficient (Wildman–Crippen LogP) is 0.349. The van der Waals surface area contributed by atoms with Crippen LogP contribution in [0.4, 0.5) is 11.6 Å². The summed E-state index contributed by atoms with van der Waals surface area (Å²) in [6.45, 7) is 0.624. The molecule has 0 aliphatic carbocycles. The van der Waals surface area contributed by atoms with E-state index in [-0.39, 0.29) is 0 Å². The number of fused-ring (bicyclic) bond motifs is 1. The van der Waals surface area contributed by atoms with Gasteiger partial charge in [0.15, 0.2) is 17.3 Å². The molecular weight excluding hydrogens is 234 g/mol. The number of hydrogen-bond acceptors (Lipinski definition) is 7. The van der Waals surface area contributed by atoms with E-state index in [1.165, 1.54) is 6.39 Å². The zero-order chi connectivity index (χ0) is 12.4. The van der Waals surface area contributed by atoms with Crippen molar-refractivity contribution in [2.75, 3.05) is 17.6 Å². The maximum atomic E-state index is 5.71. The molecule has 8 nitrogen and oxygen atoms in total. The van der Waals surface area contributed by atoms with Gasteiger partial charge in [0.1, 0.15) is 5.82 Å². The first-order valence-electron chi connectivity index (χ1n) is 5.41. The highest BCUT2D eigenvalue weighted by atomic mass is 16.5. The van der Waals surface area contributed by atoms with Crippen molar-refractivity contribution < 1.29 is 4.52 Å². The van der Waals surface area contributed by atoms with Crippen molar-refractivity contribution in [1.29, 1.82) is 0 Å². The van der Waals surface area contributed by atoms with Crippen LogP contribution in [0.3, 0.4) is 0 Å². The Morgan fingerprint density at radius 1 is 1.39 bits per heavy atom. The van der Waals surface area contributed by atoms with Crippen LogP contribution in [0.5, 0.6) is 0 Å². The smallest absolute Gasteiger partial charge is 0.213 e. The summed E-state index contributed by atoms with van der Waals surface area (Å²) in [4.78, 5) is 12.4. The van der Waals surface area contributed by atoms with Crippen LogP contribution in [-0.2, 0) is 6.42 Å². The van der Waals surface area contributed by atoms with E-state index in [1.807, 2.05) is 10.6 Å². The highest BCUT2D eigenvalue weighted by Crippen LogP contribution is 2.14. The SMILES string of the molecule is Nc1cn2ccnc2c(NCCc2ncon2)n1. The monoisotopic (exact) mass is 245 g/mol. The number of nitrogens with one attached hydrogen (secondary N) is 1. The van der Waals surface area contributed by atoms with Crippen LogP contribution in [0.1, 0.15) is 5.82 Å². The minimum absolute atomic E-state index is 0.433. The Balaban J connectivity index is 1.75.